The molecule has 0 spiro atoms. The average molecular weight is 304 g/mol. The van der Waals surface area contributed by atoms with Gasteiger partial charge >= 0.3 is 6.18 Å². The Balaban J connectivity index is 0.00000172. The molecule has 0 saturated heterocycles. The Kier molecular flexibility index (Phi) is 9.05. The number of rotatable bonds is 5. The maximum Gasteiger partial charge on any atom is 0.417 e. The first kappa shape index (κ1) is 18.8. The van der Waals surface area contributed by atoms with E-state index in [1.54, 1.807) is 12.1 Å². The van der Waals surface area contributed by atoms with Crippen LogP contribution in [0.15, 0.2) is 41.3 Å². The molecule has 0 heterocycles. The van der Waals surface area contributed by atoms with Gasteiger partial charge in [0.15, 0.2) is 5.78 Å². The minimum absolute atomic E-state index is 0.0595. The number of ketones is 1. The number of benzene rings is 1. The number of carbonyl (C=O) groups is 1. The predicted octanol–water partition coefficient (Wildman–Crippen LogP) is 5.36. The zero-order valence-corrected chi connectivity index (χ0v) is 12.6. The van der Waals surface area contributed by atoms with Crippen LogP contribution in [-0.2, 0) is 11.0 Å². The molecular weight excluding hydrogens is 285 g/mol. The molecule has 0 fully saturated rings. The summed E-state index contributed by atoms with van der Waals surface area (Å²) in [5.74, 6) is 0.451. The molecule has 112 valence electrons. The second kappa shape index (κ2) is 9.64. The predicted molar refractivity (Wildman–Crippen MR) is 78.0 cm³/mol. The van der Waals surface area contributed by atoms with Crippen LogP contribution in [0, 0.1) is 0 Å². The van der Waals surface area contributed by atoms with E-state index >= 15 is 0 Å². The largest absolute Gasteiger partial charge is 0.417 e. The SMILES string of the molecule is CC.CC(=O)/C=C/CCSc1ccccc1C(F)(F)F. The standard InChI is InChI=1S/C13H13F3OS.C2H6/c1-10(17)6-4-5-9-18-12-8-3-2-7-11(12)13(14,15)16;1-2/h2-4,6-8H,5,9H2,1H3;1-2H3/b6-4+;. The fourth-order valence-electron chi connectivity index (χ4n) is 1.31. The molecule has 0 N–H and O–H groups in total. The van der Waals surface area contributed by atoms with E-state index in [4.69, 9.17) is 0 Å². The van der Waals surface area contributed by atoms with Gasteiger partial charge in [-0.05, 0) is 31.6 Å². The van der Waals surface area contributed by atoms with E-state index in [9.17, 15) is 18.0 Å². The highest BCUT2D eigenvalue weighted by molar-refractivity contribution is 7.99. The van der Waals surface area contributed by atoms with Crippen LogP contribution in [-0.4, -0.2) is 11.5 Å². The van der Waals surface area contributed by atoms with Gasteiger partial charge in [-0.25, -0.2) is 0 Å². The second-order valence-electron chi connectivity index (χ2n) is 3.64. The van der Waals surface area contributed by atoms with Crippen LogP contribution < -0.4 is 0 Å². The lowest BCUT2D eigenvalue weighted by Crippen LogP contribution is -2.06. The van der Waals surface area contributed by atoms with Gasteiger partial charge in [-0.15, -0.1) is 11.8 Å². The third-order valence-corrected chi connectivity index (χ3v) is 3.19. The number of halogens is 3. The van der Waals surface area contributed by atoms with Gasteiger partial charge in [0.25, 0.3) is 0 Å². The van der Waals surface area contributed by atoms with Crippen LogP contribution in [0.1, 0.15) is 32.8 Å². The third-order valence-electron chi connectivity index (χ3n) is 2.09. The molecule has 0 amide bonds. The van der Waals surface area contributed by atoms with E-state index in [2.05, 4.69) is 0 Å². The van der Waals surface area contributed by atoms with Crippen molar-refractivity contribution in [2.45, 2.75) is 38.3 Å². The number of hydrogen-bond acceptors (Lipinski definition) is 2. The van der Waals surface area contributed by atoms with Crippen molar-refractivity contribution in [3.8, 4) is 0 Å². The van der Waals surface area contributed by atoms with E-state index in [-0.39, 0.29) is 10.7 Å². The summed E-state index contributed by atoms with van der Waals surface area (Å²) in [5.41, 5.74) is -0.606. The average Bonchev–Trinajstić information content (AvgIpc) is 2.39. The first-order chi connectivity index (χ1) is 9.41. The summed E-state index contributed by atoms with van der Waals surface area (Å²) in [6.07, 6.45) is -0.656. The normalized spacial score (nSPS) is 11.1. The summed E-state index contributed by atoms with van der Waals surface area (Å²) in [7, 11) is 0. The quantitative estimate of drug-likeness (QED) is 0.414. The van der Waals surface area contributed by atoms with Crippen molar-refractivity contribution >= 4 is 17.5 Å². The molecule has 5 heteroatoms. The Bertz CT molecular complexity index is 439. The van der Waals surface area contributed by atoms with E-state index in [0.29, 0.717) is 12.2 Å². The van der Waals surface area contributed by atoms with E-state index in [1.807, 2.05) is 13.8 Å². The van der Waals surface area contributed by atoms with Crippen molar-refractivity contribution in [1.82, 2.24) is 0 Å². The van der Waals surface area contributed by atoms with Crippen molar-refractivity contribution in [3.05, 3.63) is 42.0 Å². The highest BCUT2D eigenvalue weighted by atomic mass is 32.2. The molecule has 20 heavy (non-hydrogen) atoms. The molecule has 0 aliphatic rings. The molecule has 0 aliphatic carbocycles. The van der Waals surface area contributed by atoms with Crippen molar-refractivity contribution in [2.24, 2.45) is 0 Å². The van der Waals surface area contributed by atoms with E-state index in [1.165, 1.54) is 25.1 Å². The lowest BCUT2D eigenvalue weighted by atomic mass is 10.2. The van der Waals surface area contributed by atoms with E-state index < -0.39 is 11.7 Å². The fraction of sp³-hybridized carbons (Fsp3) is 0.400. The van der Waals surface area contributed by atoms with Crippen LogP contribution >= 0.6 is 11.8 Å². The summed E-state index contributed by atoms with van der Waals surface area (Å²) in [5, 5.41) is 0. The Morgan fingerprint density at radius 3 is 2.40 bits per heavy atom. The maximum atomic E-state index is 12.7. The maximum absolute atomic E-state index is 12.7. The number of carbonyl (C=O) groups excluding carboxylic acids is 1. The monoisotopic (exact) mass is 304 g/mol. The van der Waals surface area contributed by atoms with Gasteiger partial charge in [-0.2, -0.15) is 13.2 Å². The zero-order valence-electron chi connectivity index (χ0n) is 11.8. The molecule has 0 atom stereocenters. The fourth-order valence-corrected chi connectivity index (χ4v) is 2.30. The minimum Gasteiger partial charge on any atom is -0.295 e. The Morgan fingerprint density at radius 1 is 1.25 bits per heavy atom. The number of thioether (sulfide) groups is 1. The molecule has 0 aromatic heterocycles. The van der Waals surface area contributed by atoms with Crippen LogP contribution in [0.2, 0.25) is 0 Å². The first-order valence-corrected chi connectivity index (χ1v) is 7.36. The molecular formula is C15H19F3OS. The highest BCUT2D eigenvalue weighted by Crippen LogP contribution is 2.36. The van der Waals surface area contributed by atoms with Gasteiger partial charge in [0.1, 0.15) is 0 Å². The topological polar surface area (TPSA) is 17.1 Å². The molecule has 1 aromatic carbocycles. The molecule has 0 radical (unpaired) electrons. The summed E-state index contributed by atoms with van der Waals surface area (Å²) in [6.45, 7) is 5.43. The summed E-state index contributed by atoms with van der Waals surface area (Å²) >= 11 is 1.14. The van der Waals surface area contributed by atoms with Crippen molar-refractivity contribution < 1.29 is 18.0 Å². The first-order valence-electron chi connectivity index (χ1n) is 6.37. The lowest BCUT2D eigenvalue weighted by Gasteiger charge is -2.11. The summed E-state index contributed by atoms with van der Waals surface area (Å²) in [4.78, 5) is 10.8. The lowest BCUT2D eigenvalue weighted by molar-refractivity contribution is -0.139. The van der Waals surface area contributed by atoms with Crippen LogP contribution in [0.25, 0.3) is 0 Å². The zero-order chi connectivity index (χ0) is 15.6. The Hall–Kier alpha value is -1.23. The number of alkyl halides is 3. The van der Waals surface area contributed by atoms with Gasteiger partial charge in [-0.3, -0.25) is 4.79 Å². The second-order valence-corrected chi connectivity index (χ2v) is 4.78. The molecule has 1 rings (SSSR count). The molecule has 1 aromatic rings. The van der Waals surface area contributed by atoms with Crippen molar-refractivity contribution in [3.63, 3.8) is 0 Å². The van der Waals surface area contributed by atoms with Crippen LogP contribution in [0.4, 0.5) is 13.2 Å². The Morgan fingerprint density at radius 2 is 1.85 bits per heavy atom. The summed E-state index contributed by atoms with van der Waals surface area (Å²) < 4.78 is 38.0. The van der Waals surface area contributed by atoms with Crippen LogP contribution in [0.5, 0.6) is 0 Å². The molecule has 0 aliphatic heterocycles. The third kappa shape index (κ3) is 7.38. The molecule has 0 saturated carbocycles. The van der Waals surface area contributed by atoms with E-state index in [0.717, 1.165) is 17.8 Å². The number of hydrogen-bond donors (Lipinski definition) is 0. The molecule has 0 unspecified atom stereocenters. The van der Waals surface area contributed by atoms with Crippen molar-refractivity contribution in [2.75, 3.05) is 5.75 Å². The highest BCUT2D eigenvalue weighted by Gasteiger charge is 2.32. The van der Waals surface area contributed by atoms with Gasteiger partial charge in [0.05, 0.1) is 5.56 Å². The number of allylic oxidation sites excluding steroid dienone is 2. The molecule has 1 nitrogen and oxygen atoms in total. The van der Waals surface area contributed by atoms with Gasteiger partial charge in [0.2, 0.25) is 0 Å². The van der Waals surface area contributed by atoms with Crippen LogP contribution in [0.3, 0.4) is 0 Å². The summed E-state index contributed by atoms with van der Waals surface area (Å²) in [6, 6.07) is 5.50. The van der Waals surface area contributed by atoms with Gasteiger partial charge in [-0.1, -0.05) is 32.1 Å². The van der Waals surface area contributed by atoms with Crippen molar-refractivity contribution in [1.29, 1.82) is 0 Å². The van der Waals surface area contributed by atoms with Gasteiger partial charge in [0, 0.05) is 10.6 Å². The minimum atomic E-state index is -4.32. The Labute approximate surface area is 122 Å². The smallest absolute Gasteiger partial charge is 0.295 e. The van der Waals surface area contributed by atoms with Gasteiger partial charge < -0.3 is 0 Å². The molecule has 0 bridgehead atoms.